The fraction of sp³-hybridized carbons (Fsp3) is 0.294. The van der Waals surface area contributed by atoms with E-state index in [-0.39, 0.29) is 11.5 Å². The van der Waals surface area contributed by atoms with Crippen molar-refractivity contribution in [3.63, 3.8) is 0 Å². The molecule has 0 aromatic heterocycles. The van der Waals surface area contributed by atoms with Gasteiger partial charge in [-0.25, -0.2) is 0 Å². The minimum absolute atomic E-state index is 0.263. The topological polar surface area (TPSA) is 58.9 Å². The van der Waals surface area contributed by atoms with Gasteiger partial charge >= 0.3 is 0 Å². The molecule has 1 spiro atoms. The zero-order valence-corrected chi connectivity index (χ0v) is 11.5. The van der Waals surface area contributed by atoms with Gasteiger partial charge < -0.3 is 19.7 Å². The van der Waals surface area contributed by atoms with E-state index < -0.39 is 5.79 Å². The highest BCUT2D eigenvalue weighted by Crippen LogP contribution is 2.43. The second kappa shape index (κ2) is 4.32. The maximum atomic E-state index is 9.54. The van der Waals surface area contributed by atoms with E-state index in [9.17, 15) is 10.2 Å². The monoisotopic (exact) mass is 284 g/mol. The first kappa shape index (κ1) is 12.4. The van der Waals surface area contributed by atoms with Crippen LogP contribution in [0.1, 0.15) is 24.0 Å². The van der Waals surface area contributed by atoms with Crippen molar-refractivity contribution < 1.29 is 19.7 Å². The second-order valence-electron chi connectivity index (χ2n) is 5.70. The van der Waals surface area contributed by atoms with Crippen molar-refractivity contribution >= 4 is 0 Å². The van der Waals surface area contributed by atoms with Crippen molar-refractivity contribution in [2.24, 2.45) is 0 Å². The van der Waals surface area contributed by atoms with Crippen LogP contribution in [0.25, 0.3) is 0 Å². The molecular formula is C17H16O4. The third-order valence-corrected chi connectivity index (χ3v) is 4.23. The minimum Gasteiger partial charge on any atom is -0.508 e. The van der Waals surface area contributed by atoms with Crippen molar-refractivity contribution in [1.82, 2.24) is 0 Å². The molecule has 0 radical (unpaired) electrons. The maximum Gasteiger partial charge on any atom is 0.251 e. The Morgan fingerprint density at radius 1 is 0.762 bits per heavy atom. The van der Waals surface area contributed by atoms with E-state index in [4.69, 9.17) is 9.47 Å². The van der Waals surface area contributed by atoms with Gasteiger partial charge in [-0.15, -0.1) is 0 Å². The van der Waals surface area contributed by atoms with Crippen LogP contribution < -0.4 is 9.47 Å². The van der Waals surface area contributed by atoms with Gasteiger partial charge in [0, 0.05) is 12.8 Å². The second-order valence-corrected chi connectivity index (χ2v) is 5.70. The summed E-state index contributed by atoms with van der Waals surface area (Å²) in [5.41, 5.74) is 2.03. The van der Waals surface area contributed by atoms with Gasteiger partial charge in [-0.1, -0.05) is 0 Å². The number of aromatic hydroxyl groups is 2. The normalized spacial score (nSPS) is 18.3. The molecule has 0 aliphatic carbocycles. The van der Waals surface area contributed by atoms with E-state index >= 15 is 0 Å². The van der Waals surface area contributed by atoms with Gasteiger partial charge in [0.1, 0.15) is 23.0 Å². The zero-order valence-electron chi connectivity index (χ0n) is 11.5. The Kier molecular flexibility index (Phi) is 2.55. The number of aryl methyl sites for hydroxylation is 2. The molecular weight excluding hydrogens is 268 g/mol. The predicted octanol–water partition coefficient (Wildman–Crippen LogP) is 3.14. The molecule has 0 unspecified atom stereocenters. The van der Waals surface area contributed by atoms with E-state index in [1.807, 2.05) is 0 Å². The number of rotatable bonds is 0. The molecule has 0 bridgehead atoms. The van der Waals surface area contributed by atoms with E-state index in [1.54, 1.807) is 36.4 Å². The summed E-state index contributed by atoms with van der Waals surface area (Å²) in [6, 6.07) is 10.3. The van der Waals surface area contributed by atoms with Crippen molar-refractivity contribution in [2.45, 2.75) is 31.5 Å². The Morgan fingerprint density at radius 3 is 1.71 bits per heavy atom. The Labute approximate surface area is 122 Å². The Balaban J connectivity index is 1.65. The van der Waals surface area contributed by atoms with Crippen LogP contribution in [0.5, 0.6) is 23.0 Å². The summed E-state index contributed by atoms with van der Waals surface area (Å²) in [7, 11) is 0. The van der Waals surface area contributed by atoms with Crippen LogP contribution in [0.15, 0.2) is 36.4 Å². The Bertz CT molecular complexity index is 646. The first-order valence-corrected chi connectivity index (χ1v) is 7.15. The quantitative estimate of drug-likeness (QED) is 0.780. The molecule has 0 saturated heterocycles. The molecule has 2 aromatic carbocycles. The molecule has 2 aromatic rings. The molecule has 4 heteroatoms. The van der Waals surface area contributed by atoms with Crippen molar-refractivity contribution in [3.8, 4) is 23.0 Å². The summed E-state index contributed by atoms with van der Waals surface area (Å²) < 4.78 is 12.2. The lowest BCUT2D eigenvalue weighted by molar-refractivity contribution is -0.139. The van der Waals surface area contributed by atoms with Crippen LogP contribution in [-0.2, 0) is 12.8 Å². The van der Waals surface area contributed by atoms with E-state index in [1.165, 1.54) is 0 Å². The minimum atomic E-state index is -0.631. The van der Waals surface area contributed by atoms with Crippen LogP contribution in [0.3, 0.4) is 0 Å². The van der Waals surface area contributed by atoms with Crippen LogP contribution >= 0.6 is 0 Å². The van der Waals surface area contributed by atoms with Crippen molar-refractivity contribution in [3.05, 3.63) is 47.5 Å². The predicted molar refractivity (Wildman–Crippen MR) is 76.8 cm³/mol. The number of fused-ring (bicyclic) bond motifs is 2. The highest BCUT2D eigenvalue weighted by molar-refractivity contribution is 5.44. The van der Waals surface area contributed by atoms with Crippen LogP contribution in [-0.4, -0.2) is 16.0 Å². The molecule has 4 nitrogen and oxygen atoms in total. The Hall–Kier alpha value is -2.36. The molecule has 0 saturated carbocycles. The zero-order chi connectivity index (χ0) is 14.4. The summed E-state index contributed by atoms with van der Waals surface area (Å²) in [6.45, 7) is 0. The molecule has 108 valence electrons. The largest absolute Gasteiger partial charge is 0.508 e. The molecule has 0 atom stereocenters. The molecule has 2 heterocycles. The van der Waals surface area contributed by atoms with E-state index in [0.717, 1.165) is 48.3 Å². The van der Waals surface area contributed by atoms with Crippen molar-refractivity contribution in [2.75, 3.05) is 0 Å². The molecule has 0 amide bonds. The fourth-order valence-electron chi connectivity index (χ4n) is 3.12. The maximum absolute atomic E-state index is 9.54. The first-order chi connectivity index (χ1) is 10.1. The number of hydrogen-bond acceptors (Lipinski definition) is 4. The van der Waals surface area contributed by atoms with Gasteiger partial charge in [-0.2, -0.15) is 0 Å². The lowest BCUT2D eigenvalue weighted by atomic mass is 9.92. The number of phenolic OH excluding ortho intramolecular Hbond substituents is 2. The SMILES string of the molecule is Oc1ccc2c(c1)CCC1(CCc3cc(O)ccc3O1)O2. The van der Waals surface area contributed by atoms with Gasteiger partial charge in [0.25, 0.3) is 5.79 Å². The van der Waals surface area contributed by atoms with Crippen LogP contribution in [0, 0.1) is 0 Å². The average molecular weight is 284 g/mol. The van der Waals surface area contributed by atoms with Crippen molar-refractivity contribution in [1.29, 1.82) is 0 Å². The smallest absolute Gasteiger partial charge is 0.251 e. The molecule has 2 aliphatic rings. The molecule has 2 N–H and O–H groups in total. The van der Waals surface area contributed by atoms with Gasteiger partial charge in [0.05, 0.1) is 0 Å². The van der Waals surface area contributed by atoms with Gasteiger partial charge in [0.2, 0.25) is 0 Å². The fourth-order valence-corrected chi connectivity index (χ4v) is 3.12. The average Bonchev–Trinajstić information content (AvgIpc) is 2.48. The summed E-state index contributed by atoms with van der Waals surface area (Å²) in [4.78, 5) is 0. The van der Waals surface area contributed by atoms with Gasteiger partial charge in [-0.05, 0) is 60.4 Å². The molecule has 2 aliphatic heterocycles. The van der Waals surface area contributed by atoms with E-state index in [0.29, 0.717) is 0 Å². The van der Waals surface area contributed by atoms with E-state index in [2.05, 4.69) is 0 Å². The van der Waals surface area contributed by atoms with Gasteiger partial charge in [0.15, 0.2) is 0 Å². The number of hydrogen-bond donors (Lipinski definition) is 2. The number of phenols is 2. The lowest BCUT2D eigenvalue weighted by Crippen LogP contribution is -2.47. The molecule has 21 heavy (non-hydrogen) atoms. The summed E-state index contributed by atoms with van der Waals surface area (Å²) in [5.74, 6) is 1.45. The summed E-state index contributed by atoms with van der Waals surface area (Å²) >= 11 is 0. The Morgan fingerprint density at radius 2 is 1.24 bits per heavy atom. The molecule has 0 fully saturated rings. The standard InChI is InChI=1S/C17H16O4/c18-13-1-3-15-11(9-13)5-7-17(20-15)8-6-12-10-14(19)2-4-16(12)21-17/h1-4,9-10,18-19H,5-8H2. The highest BCUT2D eigenvalue weighted by atomic mass is 16.7. The summed E-state index contributed by atoms with van der Waals surface area (Å²) in [6.07, 6.45) is 3.14. The molecule has 4 rings (SSSR count). The van der Waals surface area contributed by atoms with Crippen LogP contribution in [0.4, 0.5) is 0 Å². The highest BCUT2D eigenvalue weighted by Gasteiger charge is 2.41. The lowest BCUT2D eigenvalue weighted by Gasteiger charge is -2.41. The number of ether oxygens (including phenoxy) is 2. The summed E-state index contributed by atoms with van der Waals surface area (Å²) in [5, 5.41) is 19.1. The number of benzene rings is 2. The third kappa shape index (κ3) is 2.07. The first-order valence-electron chi connectivity index (χ1n) is 7.15. The van der Waals surface area contributed by atoms with Crippen LogP contribution in [0.2, 0.25) is 0 Å². The third-order valence-electron chi connectivity index (χ3n) is 4.23. The van der Waals surface area contributed by atoms with Gasteiger partial charge in [-0.3, -0.25) is 0 Å².